The fourth-order valence-corrected chi connectivity index (χ4v) is 15.9. The largest absolute Gasteiger partial charge is 0.309 e. The molecular weight excluding hydrogens is 848 g/mol. The first-order valence-corrected chi connectivity index (χ1v) is 25.7. The molecule has 1 aromatic heterocycles. The molecule has 318 valence electrons. The fraction of sp³-hybridized carbons (Fsp3) is 0.0625. The van der Waals surface area contributed by atoms with E-state index in [9.17, 15) is 0 Å². The zero-order valence-corrected chi connectivity index (χ0v) is 39.0. The summed E-state index contributed by atoms with van der Waals surface area (Å²) in [6, 6.07) is 86.0. The minimum Gasteiger partial charge on any atom is -0.309 e. The molecule has 2 aliphatic rings. The van der Waals surface area contributed by atoms with Crippen molar-refractivity contribution in [3.63, 3.8) is 0 Å². The van der Waals surface area contributed by atoms with Crippen LogP contribution in [-0.2, 0) is 15.4 Å². The van der Waals surface area contributed by atoms with Crippen LogP contribution in [-0.4, -0.2) is 0 Å². The third kappa shape index (κ3) is 5.58. The Kier molecular flexibility index (Phi) is 9.00. The van der Waals surface area contributed by atoms with Gasteiger partial charge in [-0.2, -0.15) is 0 Å². The van der Waals surface area contributed by atoms with Crippen molar-refractivity contribution in [2.45, 2.75) is 24.7 Å². The van der Waals surface area contributed by atoms with Crippen LogP contribution in [0.25, 0.3) is 42.4 Å². The molecule has 0 saturated heterocycles. The van der Waals surface area contributed by atoms with Crippen molar-refractivity contribution in [3.05, 3.63) is 292 Å². The van der Waals surface area contributed by atoms with Crippen molar-refractivity contribution < 1.29 is 4.57 Å². The molecule has 0 spiro atoms. The Bertz CT molecular complexity index is 3660. The van der Waals surface area contributed by atoms with Crippen molar-refractivity contribution in [1.29, 1.82) is 0 Å². The topological polar surface area (TPSA) is 17.1 Å². The summed E-state index contributed by atoms with van der Waals surface area (Å²) in [5, 5.41) is 5.12. The van der Waals surface area contributed by atoms with Crippen molar-refractivity contribution in [3.8, 4) is 22.3 Å². The summed E-state index contributed by atoms with van der Waals surface area (Å²) in [5.74, 6) is 0. The predicted molar refractivity (Wildman–Crippen MR) is 283 cm³/mol. The molecule has 67 heavy (non-hydrogen) atoms. The van der Waals surface area contributed by atoms with Crippen LogP contribution in [0.4, 0.5) is 0 Å². The molecule has 13 rings (SSSR count). The maximum absolute atomic E-state index is 15.7. The highest BCUT2D eigenvalue weighted by molar-refractivity contribution is 7.85. The summed E-state index contributed by atoms with van der Waals surface area (Å²) in [7, 11) is -3.20. The number of benzene rings is 10. The lowest BCUT2D eigenvalue weighted by atomic mass is 9.62. The van der Waals surface area contributed by atoms with Gasteiger partial charge in [-0.05, 0) is 86.7 Å². The van der Waals surface area contributed by atoms with Crippen LogP contribution in [0.15, 0.2) is 237 Å². The van der Waals surface area contributed by atoms with E-state index in [1.807, 2.05) is 72.0 Å². The smallest absolute Gasteiger partial charge is 0.171 e. The predicted octanol–water partition coefficient (Wildman–Crippen LogP) is 15.0. The molecule has 0 bridgehead atoms. The summed E-state index contributed by atoms with van der Waals surface area (Å²) in [6.45, 7) is 4.53. The van der Waals surface area contributed by atoms with Gasteiger partial charge in [0.2, 0.25) is 0 Å². The first-order valence-electron chi connectivity index (χ1n) is 23.2. The van der Waals surface area contributed by atoms with Crippen LogP contribution in [0.2, 0.25) is 0 Å². The van der Waals surface area contributed by atoms with Crippen LogP contribution in [0.3, 0.4) is 0 Å². The molecule has 1 heterocycles. The number of thiophene rings is 1. The van der Waals surface area contributed by atoms with E-state index >= 15 is 4.57 Å². The van der Waals surface area contributed by atoms with Crippen molar-refractivity contribution in [2.75, 3.05) is 0 Å². The van der Waals surface area contributed by atoms with E-state index in [0.717, 1.165) is 21.5 Å². The molecule has 2 aliphatic carbocycles. The van der Waals surface area contributed by atoms with Crippen LogP contribution in [0, 0.1) is 13.8 Å². The van der Waals surface area contributed by atoms with Crippen LogP contribution >= 0.6 is 18.5 Å². The van der Waals surface area contributed by atoms with Gasteiger partial charge in [0, 0.05) is 36.1 Å². The molecule has 10 aromatic carbocycles. The highest BCUT2D eigenvalue weighted by Crippen LogP contribution is 2.67. The molecule has 0 N–H and O–H groups in total. The van der Waals surface area contributed by atoms with Gasteiger partial charge in [-0.25, -0.2) is 0 Å². The van der Waals surface area contributed by atoms with Crippen molar-refractivity contribution >= 4 is 54.6 Å². The molecule has 0 unspecified atom stereocenters. The Morgan fingerprint density at radius 3 is 1.25 bits per heavy atom. The first kappa shape index (κ1) is 40.0. The van der Waals surface area contributed by atoms with Crippen LogP contribution < -0.4 is 15.9 Å². The zero-order chi connectivity index (χ0) is 44.9. The molecule has 0 aliphatic heterocycles. The average molecular weight is 893 g/mol. The van der Waals surface area contributed by atoms with Gasteiger partial charge in [0.05, 0.1) is 10.8 Å². The van der Waals surface area contributed by atoms with Gasteiger partial charge in [0.15, 0.2) is 7.14 Å². The third-order valence-electron chi connectivity index (χ3n) is 14.8. The number of hydrogen-bond acceptors (Lipinski definition) is 2. The maximum atomic E-state index is 15.7. The van der Waals surface area contributed by atoms with E-state index in [4.69, 9.17) is 0 Å². The van der Waals surface area contributed by atoms with Gasteiger partial charge in [-0.3, -0.25) is 0 Å². The monoisotopic (exact) mass is 892 g/mol. The Labute approximate surface area is 396 Å². The molecule has 3 heteroatoms. The lowest BCUT2D eigenvalue weighted by Crippen LogP contribution is -2.33. The summed E-state index contributed by atoms with van der Waals surface area (Å²) in [4.78, 5) is 0. The lowest BCUT2D eigenvalue weighted by molar-refractivity contribution is 0.592. The zero-order valence-electron chi connectivity index (χ0n) is 37.3. The maximum Gasteiger partial charge on any atom is 0.171 e. The number of rotatable bonds is 8. The standard InChI is InChI=1S/C64H45OPS/c1-42-38-55-60-57(40-42)64(46-20-9-4-10-21-46,48-34-36-51(37-35-48)66(65,49-22-11-5-12-23-49)50-24-13-6-14-25-50)58-41-43(2)39-56(61(58)60)63(55,45-18-7-3-8-19-45)47-32-30-44(31-33-47)52-27-17-28-54-53-26-15-16-29-59(53)67-62(52)54/h3-41H,1-2H3. The molecule has 0 amide bonds. The Balaban J connectivity index is 1.05. The third-order valence-corrected chi connectivity index (χ3v) is 19.1. The van der Waals surface area contributed by atoms with Gasteiger partial charge in [0.1, 0.15) is 0 Å². The molecule has 0 radical (unpaired) electrons. The molecule has 0 atom stereocenters. The summed E-state index contributed by atoms with van der Waals surface area (Å²) >= 11 is 1.88. The van der Waals surface area contributed by atoms with Gasteiger partial charge in [-0.1, -0.05) is 242 Å². The Morgan fingerprint density at radius 2 is 0.761 bits per heavy atom. The molecular formula is C64H45OPS. The number of aryl methyl sites for hydroxylation is 2. The highest BCUT2D eigenvalue weighted by atomic mass is 32.1. The van der Waals surface area contributed by atoms with E-state index in [0.29, 0.717) is 0 Å². The summed E-state index contributed by atoms with van der Waals surface area (Å²) in [6.07, 6.45) is 0. The van der Waals surface area contributed by atoms with Crippen LogP contribution in [0.5, 0.6) is 0 Å². The minimum atomic E-state index is -3.20. The first-order chi connectivity index (χ1) is 32.9. The van der Waals surface area contributed by atoms with Crippen LogP contribution in [0.1, 0.15) is 55.6 Å². The van der Waals surface area contributed by atoms with Crippen molar-refractivity contribution in [1.82, 2.24) is 0 Å². The molecule has 11 aromatic rings. The Hall–Kier alpha value is -7.35. The number of hydrogen-bond donors (Lipinski definition) is 0. The summed E-state index contributed by atoms with van der Waals surface area (Å²) < 4.78 is 18.3. The normalized spacial score (nSPS) is 14.1. The van der Waals surface area contributed by atoms with Gasteiger partial charge < -0.3 is 4.57 Å². The second kappa shape index (κ2) is 15.1. The second-order valence-corrected chi connectivity index (χ2v) is 22.2. The average Bonchev–Trinajstić information content (AvgIpc) is 4.01. The fourth-order valence-electron chi connectivity index (χ4n) is 12.1. The SMILES string of the molecule is Cc1cc2c3c(c1)C(c1ccccc1)(c1ccc(P(=O)(c4ccccc4)c4ccccc4)cc1)c1cc(C)cc(c1-3)C2(c1ccccc1)c1ccc(-c2cccc3c2sc2ccccc23)cc1. The Morgan fingerprint density at radius 1 is 0.373 bits per heavy atom. The highest BCUT2D eigenvalue weighted by Gasteiger charge is 2.56. The molecule has 0 saturated carbocycles. The van der Waals surface area contributed by atoms with E-state index in [-0.39, 0.29) is 0 Å². The van der Waals surface area contributed by atoms with E-state index in [2.05, 4.69) is 190 Å². The quantitative estimate of drug-likeness (QED) is 0.139. The lowest BCUT2D eigenvalue weighted by Gasteiger charge is -2.39. The second-order valence-electron chi connectivity index (χ2n) is 18.4. The summed E-state index contributed by atoms with van der Waals surface area (Å²) in [5.41, 5.74) is 16.5. The van der Waals surface area contributed by atoms with E-state index in [1.54, 1.807) is 0 Å². The van der Waals surface area contributed by atoms with E-state index in [1.165, 1.54) is 92.5 Å². The van der Waals surface area contributed by atoms with Gasteiger partial charge >= 0.3 is 0 Å². The van der Waals surface area contributed by atoms with Crippen molar-refractivity contribution in [2.24, 2.45) is 0 Å². The molecule has 0 fully saturated rings. The number of fused-ring (bicyclic) bond motifs is 3. The van der Waals surface area contributed by atoms with Gasteiger partial charge in [0.25, 0.3) is 0 Å². The van der Waals surface area contributed by atoms with E-state index < -0.39 is 18.0 Å². The van der Waals surface area contributed by atoms with Gasteiger partial charge in [-0.15, -0.1) is 11.3 Å². The minimum absolute atomic E-state index is 0.569. The molecule has 1 nitrogen and oxygen atoms in total.